The van der Waals surface area contributed by atoms with Crippen LogP contribution in [-0.2, 0) is 23.9 Å². The molecule has 0 spiro atoms. The van der Waals surface area contributed by atoms with Gasteiger partial charge in [0.25, 0.3) is 0 Å². The van der Waals surface area contributed by atoms with Gasteiger partial charge in [-0.05, 0) is 19.3 Å². The Balaban J connectivity index is 4.50. The highest BCUT2D eigenvalue weighted by atomic mass is 16.5. The number of carbonyl (C=O) groups excluding carboxylic acids is 2. The van der Waals surface area contributed by atoms with Crippen molar-refractivity contribution in [3.05, 3.63) is 0 Å². The number of carboxylic acid groups (broad SMARTS) is 2. The van der Waals surface area contributed by atoms with Crippen LogP contribution in [0.4, 0.5) is 0 Å². The van der Waals surface area contributed by atoms with Crippen molar-refractivity contribution in [3.8, 4) is 0 Å². The van der Waals surface area contributed by atoms with Crippen molar-refractivity contribution in [3.63, 3.8) is 0 Å². The number of nitrogens with one attached hydrogen (secondary N) is 2. The van der Waals surface area contributed by atoms with Gasteiger partial charge in [-0.1, -0.05) is 117 Å². The van der Waals surface area contributed by atoms with Crippen LogP contribution in [0.1, 0.15) is 155 Å². The molecule has 0 rings (SSSR count). The van der Waals surface area contributed by atoms with E-state index in [1.807, 2.05) is 0 Å². The average Bonchev–Trinajstić information content (AvgIpc) is 2.88. The van der Waals surface area contributed by atoms with Gasteiger partial charge in [0.1, 0.15) is 12.1 Å². The molecule has 0 heterocycles. The van der Waals surface area contributed by atoms with Crippen LogP contribution in [0, 0.1) is 0 Å². The molecule has 4 N–H and O–H groups in total. The highest BCUT2D eigenvalue weighted by Gasteiger charge is 2.23. The lowest BCUT2D eigenvalue weighted by atomic mass is 10.0. The molecule has 39 heavy (non-hydrogen) atoms. The second-order valence-corrected chi connectivity index (χ2v) is 10.7. The number of unbranched alkanes of at least 4 members (excludes halogenated alkanes) is 16. The Morgan fingerprint density at radius 2 is 1.10 bits per heavy atom. The number of hydrazine groups is 1. The first-order chi connectivity index (χ1) is 18.8. The summed E-state index contributed by atoms with van der Waals surface area (Å²) < 4.78 is 5.65. The largest absolute Gasteiger partial charge is 0.481 e. The van der Waals surface area contributed by atoms with Crippen molar-refractivity contribution in [1.82, 2.24) is 10.9 Å². The summed E-state index contributed by atoms with van der Waals surface area (Å²) in [5.74, 6) is -3.52. The number of aliphatic carboxylic acids is 2. The van der Waals surface area contributed by atoms with Gasteiger partial charge in [0, 0.05) is 6.42 Å². The van der Waals surface area contributed by atoms with E-state index in [4.69, 9.17) is 14.9 Å². The van der Waals surface area contributed by atoms with Crippen molar-refractivity contribution in [2.75, 3.05) is 0 Å². The van der Waals surface area contributed by atoms with Gasteiger partial charge in [-0.15, -0.1) is 0 Å². The van der Waals surface area contributed by atoms with Crippen molar-refractivity contribution < 1.29 is 34.1 Å². The van der Waals surface area contributed by atoms with E-state index in [9.17, 15) is 19.2 Å². The highest BCUT2D eigenvalue weighted by molar-refractivity contribution is 5.82. The molecule has 0 radical (unpaired) electrons. The highest BCUT2D eigenvalue weighted by Crippen LogP contribution is 2.16. The quantitative estimate of drug-likeness (QED) is 0.0475. The zero-order valence-corrected chi connectivity index (χ0v) is 24.6. The molecule has 9 heteroatoms. The molecule has 9 nitrogen and oxygen atoms in total. The SMILES string of the molecule is CCCCCCCCCCCC(=O)O[C@H](CCCCCCCCCCC)CC(=O)NN[C@@H](CC(=O)O)C(=O)O. The van der Waals surface area contributed by atoms with Gasteiger partial charge in [-0.2, -0.15) is 0 Å². The molecule has 0 fully saturated rings. The molecule has 1 amide bonds. The van der Waals surface area contributed by atoms with E-state index in [0.29, 0.717) is 12.8 Å². The Morgan fingerprint density at radius 1 is 0.641 bits per heavy atom. The minimum absolute atomic E-state index is 0.104. The summed E-state index contributed by atoms with van der Waals surface area (Å²) in [6.45, 7) is 4.41. The van der Waals surface area contributed by atoms with Crippen LogP contribution in [0.3, 0.4) is 0 Å². The van der Waals surface area contributed by atoms with E-state index >= 15 is 0 Å². The van der Waals surface area contributed by atoms with E-state index < -0.39 is 36.4 Å². The zero-order chi connectivity index (χ0) is 29.1. The van der Waals surface area contributed by atoms with Gasteiger partial charge in [0.2, 0.25) is 5.91 Å². The minimum Gasteiger partial charge on any atom is -0.481 e. The number of carbonyl (C=O) groups is 4. The third-order valence-electron chi connectivity index (χ3n) is 6.89. The number of carboxylic acids is 2. The van der Waals surface area contributed by atoms with Crippen molar-refractivity contribution in [2.24, 2.45) is 0 Å². The number of rotatable bonds is 28. The maximum atomic E-state index is 12.5. The molecular formula is C30H56N2O7. The lowest BCUT2D eigenvalue weighted by Crippen LogP contribution is -2.49. The first-order valence-corrected chi connectivity index (χ1v) is 15.5. The summed E-state index contributed by atoms with van der Waals surface area (Å²) >= 11 is 0. The van der Waals surface area contributed by atoms with Crippen LogP contribution in [0.2, 0.25) is 0 Å². The van der Waals surface area contributed by atoms with Crippen LogP contribution in [0.5, 0.6) is 0 Å². The average molecular weight is 557 g/mol. The third kappa shape index (κ3) is 24.6. The Kier molecular flexibility index (Phi) is 24.6. The number of hydrogen-bond acceptors (Lipinski definition) is 6. The molecule has 0 saturated heterocycles. The maximum Gasteiger partial charge on any atom is 0.323 e. The Morgan fingerprint density at radius 3 is 1.56 bits per heavy atom. The van der Waals surface area contributed by atoms with Crippen LogP contribution < -0.4 is 10.9 Å². The first kappa shape index (κ1) is 36.8. The molecule has 0 bridgehead atoms. The molecule has 0 aliphatic rings. The van der Waals surface area contributed by atoms with Gasteiger partial charge in [0.05, 0.1) is 12.8 Å². The minimum atomic E-state index is -1.45. The molecule has 228 valence electrons. The van der Waals surface area contributed by atoms with E-state index in [1.165, 1.54) is 77.0 Å². The molecule has 0 aliphatic heterocycles. The topological polar surface area (TPSA) is 142 Å². The third-order valence-corrected chi connectivity index (χ3v) is 6.89. The van der Waals surface area contributed by atoms with Crippen LogP contribution >= 0.6 is 0 Å². The fraction of sp³-hybridized carbons (Fsp3) is 0.867. The van der Waals surface area contributed by atoms with Gasteiger partial charge >= 0.3 is 17.9 Å². The van der Waals surface area contributed by atoms with Gasteiger partial charge in [-0.3, -0.25) is 24.6 Å². The van der Waals surface area contributed by atoms with Crippen LogP contribution in [0.25, 0.3) is 0 Å². The predicted octanol–water partition coefficient (Wildman–Crippen LogP) is 6.68. The Hall–Kier alpha value is -2.16. The lowest BCUT2D eigenvalue weighted by Gasteiger charge is -2.19. The molecule has 0 aromatic heterocycles. The first-order valence-electron chi connectivity index (χ1n) is 15.5. The number of ether oxygens (including phenoxy) is 1. The summed E-state index contributed by atoms with van der Waals surface area (Å²) in [5.41, 5.74) is 4.53. The molecule has 0 aromatic rings. The number of amides is 1. The van der Waals surface area contributed by atoms with E-state index in [1.54, 1.807) is 0 Å². The fourth-order valence-electron chi connectivity index (χ4n) is 4.51. The van der Waals surface area contributed by atoms with E-state index in [0.717, 1.165) is 38.5 Å². The summed E-state index contributed by atoms with van der Waals surface area (Å²) in [4.78, 5) is 46.9. The molecular weight excluding hydrogens is 500 g/mol. The van der Waals surface area contributed by atoms with Crippen molar-refractivity contribution in [1.29, 1.82) is 0 Å². The molecule has 0 saturated carbocycles. The predicted molar refractivity (Wildman–Crippen MR) is 153 cm³/mol. The number of hydrogen-bond donors (Lipinski definition) is 4. The zero-order valence-electron chi connectivity index (χ0n) is 24.6. The van der Waals surface area contributed by atoms with Crippen molar-refractivity contribution >= 4 is 23.8 Å². The summed E-state index contributed by atoms with van der Waals surface area (Å²) in [5, 5.41) is 18.0. The standard InChI is InChI=1S/C30H56N2O7/c1-3-5-7-9-11-13-15-17-19-21-25(23-27(33)32-31-26(30(37)38)24-28(34)35)39-29(36)22-20-18-16-14-12-10-8-6-4-2/h25-26,31H,3-24H2,1-2H3,(H,32,33)(H,34,35)(H,37,38)/t25-,26+/m1/s1. The second kappa shape index (κ2) is 26.1. The molecule has 2 atom stereocenters. The Labute approximate surface area is 236 Å². The van der Waals surface area contributed by atoms with E-state index in [-0.39, 0.29) is 12.4 Å². The molecule has 0 unspecified atom stereocenters. The normalized spacial score (nSPS) is 12.6. The summed E-state index contributed by atoms with van der Waals surface area (Å²) in [6.07, 6.45) is 20.3. The summed E-state index contributed by atoms with van der Waals surface area (Å²) in [6, 6.07) is -1.45. The van der Waals surface area contributed by atoms with Gasteiger partial charge in [0.15, 0.2) is 0 Å². The maximum absolute atomic E-state index is 12.5. The number of esters is 1. The molecule has 0 aliphatic carbocycles. The van der Waals surface area contributed by atoms with E-state index in [2.05, 4.69) is 24.7 Å². The Bertz CT molecular complexity index is 657. The molecule has 0 aromatic carbocycles. The van der Waals surface area contributed by atoms with Gasteiger partial charge < -0.3 is 14.9 Å². The van der Waals surface area contributed by atoms with Crippen LogP contribution in [-0.4, -0.2) is 46.2 Å². The summed E-state index contributed by atoms with van der Waals surface area (Å²) in [7, 11) is 0. The smallest absolute Gasteiger partial charge is 0.323 e. The van der Waals surface area contributed by atoms with Crippen LogP contribution in [0.15, 0.2) is 0 Å². The lowest BCUT2D eigenvalue weighted by molar-refractivity contribution is -0.151. The fourth-order valence-corrected chi connectivity index (χ4v) is 4.51. The monoisotopic (exact) mass is 556 g/mol. The second-order valence-electron chi connectivity index (χ2n) is 10.7. The van der Waals surface area contributed by atoms with Gasteiger partial charge in [-0.25, -0.2) is 5.43 Å². The van der Waals surface area contributed by atoms with Crippen molar-refractivity contribution in [2.45, 2.75) is 167 Å².